The number of carboxylic acid groups (broad SMARTS) is 1. The highest BCUT2D eigenvalue weighted by molar-refractivity contribution is 5.68. The molecule has 2 N–H and O–H groups in total. The number of nitrogens with one attached hydrogen (secondary N) is 1. The van der Waals surface area contributed by atoms with Crippen molar-refractivity contribution in [2.24, 2.45) is 0 Å². The largest absolute Gasteiger partial charge is 0.481 e. The van der Waals surface area contributed by atoms with E-state index in [2.05, 4.69) is 10.1 Å². The lowest BCUT2D eigenvalue weighted by Gasteiger charge is -1.90. The molecule has 1 aromatic rings. The number of rotatable bonds is 3. The van der Waals surface area contributed by atoms with E-state index in [9.17, 15) is 9.59 Å². The quantitative estimate of drug-likeness (QED) is 0.663. The van der Waals surface area contributed by atoms with E-state index in [0.717, 1.165) is 12.8 Å². The second-order valence-corrected chi connectivity index (χ2v) is 3.12. The summed E-state index contributed by atoms with van der Waals surface area (Å²) in [6.45, 7) is 0. The fourth-order valence-electron chi connectivity index (χ4n) is 1.17. The second kappa shape index (κ2) is 2.72. The van der Waals surface area contributed by atoms with E-state index in [4.69, 9.17) is 5.11 Å². The average molecular weight is 183 g/mol. The Balaban J connectivity index is 2.24. The normalized spacial score (nSPS) is 16.0. The number of aliphatic carboxylic acids is 1. The summed E-state index contributed by atoms with van der Waals surface area (Å²) in [5, 5.41) is 12.3. The fourth-order valence-corrected chi connectivity index (χ4v) is 1.17. The van der Waals surface area contributed by atoms with Crippen LogP contribution in [0.1, 0.15) is 24.7 Å². The lowest BCUT2D eigenvalue weighted by molar-refractivity contribution is -0.136. The fraction of sp³-hybridized carbons (Fsp3) is 0.571. The van der Waals surface area contributed by atoms with Gasteiger partial charge in [0.15, 0.2) is 0 Å². The van der Waals surface area contributed by atoms with Gasteiger partial charge in [-0.05, 0) is 12.8 Å². The van der Waals surface area contributed by atoms with Gasteiger partial charge < -0.3 is 5.11 Å². The van der Waals surface area contributed by atoms with Crippen molar-refractivity contribution in [2.45, 2.75) is 25.3 Å². The van der Waals surface area contributed by atoms with Crippen LogP contribution in [-0.4, -0.2) is 25.8 Å². The number of aromatic amines is 1. The first-order valence-corrected chi connectivity index (χ1v) is 4.06. The van der Waals surface area contributed by atoms with Crippen LogP contribution in [0.3, 0.4) is 0 Å². The van der Waals surface area contributed by atoms with Gasteiger partial charge in [-0.3, -0.25) is 9.78 Å². The number of carbonyl (C=O) groups is 1. The molecule has 1 aliphatic carbocycles. The van der Waals surface area contributed by atoms with Crippen LogP contribution in [0.15, 0.2) is 4.79 Å². The zero-order valence-corrected chi connectivity index (χ0v) is 6.86. The molecule has 13 heavy (non-hydrogen) atoms. The van der Waals surface area contributed by atoms with E-state index >= 15 is 0 Å². The summed E-state index contributed by atoms with van der Waals surface area (Å²) in [6.07, 6.45) is 1.68. The first kappa shape index (κ1) is 8.03. The number of H-pyrrole nitrogens is 1. The van der Waals surface area contributed by atoms with Crippen molar-refractivity contribution >= 4 is 5.97 Å². The molecule has 0 saturated heterocycles. The van der Waals surface area contributed by atoms with Gasteiger partial charge in [-0.25, -0.2) is 9.48 Å². The molecule has 1 fully saturated rings. The van der Waals surface area contributed by atoms with Gasteiger partial charge in [-0.2, -0.15) is 5.10 Å². The number of hydrogen-bond donors (Lipinski definition) is 2. The van der Waals surface area contributed by atoms with Crippen molar-refractivity contribution in [3.63, 3.8) is 0 Å². The summed E-state index contributed by atoms with van der Waals surface area (Å²) in [7, 11) is 0. The molecule has 6 nitrogen and oxygen atoms in total. The summed E-state index contributed by atoms with van der Waals surface area (Å²) in [5.74, 6) is -0.763. The van der Waals surface area contributed by atoms with Crippen LogP contribution in [0.4, 0.5) is 0 Å². The van der Waals surface area contributed by atoms with Crippen LogP contribution < -0.4 is 5.69 Å². The lowest BCUT2D eigenvalue weighted by Crippen LogP contribution is -2.16. The molecule has 6 heteroatoms. The number of hydrogen-bond acceptors (Lipinski definition) is 3. The Hall–Kier alpha value is -1.59. The van der Waals surface area contributed by atoms with Crippen molar-refractivity contribution in [1.82, 2.24) is 14.8 Å². The van der Waals surface area contributed by atoms with Crippen molar-refractivity contribution in [1.29, 1.82) is 0 Å². The van der Waals surface area contributed by atoms with Crippen LogP contribution in [0.5, 0.6) is 0 Å². The molecular formula is C7H9N3O3. The summed E-state index contributed by atoms with van der Waals surface area (Å²) in [5.41, 5.74) is -0.307. The van der Waals surface area contributed by atoms with E-state index in [1.54, 1.807) is 0 Å². The predicted octanol–water partition coefficient (Wildman–Crippen LogP) is -0.467. The molecule has 1 aliphatic rings. The van der Waals surface area contributed by atoms with Gasteiger partial charge in [0.1, 0.15) is 12.2 Å². The maximum absolute atomic E-state index is 11.2. The third-order valence-electron chi connectivity index (χ3n) is 1.90. The van der Waals surface area contributed by atoms with Crippen molar-refractivity contribution in [3.05, 3.63) is 16.3 Å². The predicted molar refractivity (Wildman–Crippen MR) is 42.5 cm³/mol. The Labute approximate surface area is 73.2 Å². The van der Waals surface area contributed by atoms with E-state index in [1.165, 1.54) is 4.68 Å². The maximum atomic E-state index is 11.2. The summed E-state index contributed by atoms with van der Waals surface area (Å²) < 4.78 is 1.33. The minimum atomic E-state index is -0.989. The summed E-state index contributed by atoms with van der Waals surface area (Å²) in [6, 6.07) is 0.186. The average Bonchev–Trinajstić information content (AvgIpc) is 2.77. The third kappa shape index (κ3) is 1.61. The molecule has 0 radical (unpaired) electrons. The van der Waals surface area contributed by atoms with E-state index in [1.807, 2.05) is 0 Å². The zero-order chi connectivity index (χ0) is 9.42. The Morgan fingerprint density at radius 1 is 1.69 bits per heavy atom. The van der Waals surface area contributed by atoms with Crippen molar-refractivity contribution in [2.75, 3.05) is 0 Å². The van der Waals surface area contributed by atoms with Crippen molar-refractivity contribution < 1.29 is 9.90 Å². The van der Waals surface area contributed by atoms with Crippen molar-refractivity contribution in [3.8, 4) is 0 Å². The highest BCUT2D eigenvalue weighted by atomic mass is 16.4. The molecule has 0 aromatic carbocycles. The minimum Gasteiger partial charge on any atom is -0.481 e. The van der Waals surface area contributed by atoms with Crippen LogP contribution in [0.2, 0.25) is 0 Å². The van der Waals surface area contributed by atoms with Gasteiger partial charge in [0, 0.05) is 0 Å². The molecule has 70 valence electrons. The molecule has 1 saturated carbocycles. The monoisotopic (exact) mass is 183 g/mol. The SMILES string of the molecule is O=C(O)Cc1nn(C2CC2)c(=O)[nH]1. The van der Waals surface area contributed by atoms with Gasteiger partial charge in [0.2, 0.25) is 0 Å². The Morgan fingerprint density at radius 3 is 2.92 bits per heavy atom. The summed E-state index contributed by atoms with van der Waals surface area (Å²) >= 11 is 0. The highest BCUT2D eigenvalue weighted by Crippen LogP contribution is 2.32. The highest BCUT2D eigenvalue weighted by Gasteiger charge is 2.27. The van der Waals surface area contributed by atoms with Crippen LogP contribution in [-0.2, 0) is 11.2 Å². The molecule has 1 aromatic heterocycles. The molecule has 0 spiro atoms. The molecule has 0 unspecified atom stereocenters. The Bertz CT molecular complexity index is 388. The molecular weight excluding hydrogens is 174 g/mol. The topological polar surface area (TPSA) is 88.0 Å². The Morgan fingerprint density at radius 2 is 2.38 bits per heavy atom. The number of carboxylic acids is 1. The van der Waals surface area contributed by atoms with Gasteiger partial charge in [-0.1, -0.05) is 0 Å². The third-order valence-corrected chi connectivity index (χ3v) is 1.90. The smallest absolute Gasteiger partial charge is 0.343 e. The molecule has 0 bridgehead atoms. The van der Waals surface area contributed by atoms with E-state index in [0.29, 0.717) is 0 Å². The number of nitrogens with zero attached hydrogens (tertiary/aromatic N) is 2. The first-order chi connectivity index (χ1) is 6.16. The molecule has 0 atom stereocenters. The zero-order valence-electron chi connectivity index (χ0n) is 6.86. The number of aromatic nitrogens is 3. The van der Waals surface area contributed by atoms with Gasteiger partial charge in [0.25, 0.3) is 0 Å². The molecule has 1 heterocycles. The lowest BCUT2D eigenvalue weighted by atomic mass is 10.4. The first-order valence-electron chi connectivity index (χ1n) is 4.06. The van der Waals surface area contributed by atoms with Crippen LogP contribution in [0, 0.1) is 0 Å². The standard InChI is InChI=1S/C7H9N3O3/c11-6(12)3-5-8-7(13)10(9-5)4-1-2-4/h4H,1-3H2,(H,11,12)(H,8,9,13). The molecule has 0 aliphatic heterocycles. The minimum absolute atomic E-state index is 0.186. The maximum Gasteiger partial charge on any atom is 0.343 e. The molecule has 0 amide bonds. The van der Waals surface area contributed by atoms with Crippen LogP contribution >= 0.6 is 0 Å². The van der Waals surface area contributed by atoms with E-state index < -0.39 is 5.97 Å². The molecule has 2 rings (SSSR count). The Kier molecular flexibility index (Phi) is 1.68. The van der Waals surface area contributed by atoms with Gasteiger partial charge in [0.05, 0.1) is 6.04 Å². The van der Waals surface area contributed by atoms with E-state index in [-0.39, 0.29) is 24.0 Å². The second-order valence-electron chi connectivity index (χ2n) is 3.12. The summed E-state index contributed by atoms with van der Waals surface area (Å²) in [4.78, 5) is 23.9. The van der Waals surface area contributed by atoms with Gasteiger partial charge in [-0.15, -0.1) is 0 Å². The van der Waals surface area contributed by atoms with Gasteiger partial charge >= 0.3 is 11.7 Å². The van der Waals surface area contributed by atoms with Crippen LogP contribution in [0.25, 0.3) is 0 Å².